The van der Waals surface area contributed by atoms with E-state index in [-0.39, 0.29) is 23.5 Å². The van der Waals surface area contributed by atoms with Crippen LogP contribution in [-0.2, 0) is 22.7 Å². The van der Waals surface area contributed by atoms with E-state index >= 15 is 0 Å². The van der Waals surface area contributed by atoms with Crippen molar-refractivity contribution in [2.45, 2.75) is 64.8 Å². The van der Waals surface area contributed by atoms with Crippen LogP contribution in [0.25, 0.3) is 22.5 Å². The van der Waals surface area contributed by atoms with Gasteiger partial charge in [-0.3, -0.25) is 14.5 Å². The number of hydrogen-bond acceptors (Lipinski definition) is 8. The van der Waals surface area contributed by atoms with Crippen molar-refractivity contribution in [3.8, 4) is 11.5 Å². The summed E-state index contributed by atoms with van der Waals surface area (Å²) < 4.78 is 14.1. The van der Waals surface area contributed by atoms with Gasteiger partial charge in [0.25, 0.3) is 0 Å². The third kappa shape index (κ3) is 5.74. The highest BCUT2D eigenvalue weighted by molar-refractivity contribution is 6.74. The lowest BCUT2D eigenvalue weighted by atomic mass is 10.1. The van der Waals surface area contributed by atoms with Crippen molar-refractivity contribution in [2.75, 3.05) is 23.3 Å². The number of carbonyl (C=O) groups excluding carboxylic acids is 1. The minimum atomic E-state index is -1.90. The normalized spacial score (nSPS) is 16.3. The van der Waals surface area contributed by atoms with Crippen LogP contribution in [0.4, 0.5) is 11.5 Å². The molecule has 39 heavy (non-hydrogen) atoms. The summed E-state index contributed by atoms with van der Waals surface area (Å²) in [6, 6.07) is 3.79. The minimum absolute atomic E-state index is 0.0786. The van der Waals surface area contributed by atoms with E-state index in [2.05, 4.69) is 59.1 Å². The van der Waals surface area contributed by atoms with E-state index in [1.54, 1.807) is 17.1 Å². The zero-order valence-electron chi connectivity index (χ0n) is 23.8. The zero-order valence-corrected chi connectivity index (χ0v) is 24.8. The zero-order chi connectivity index (χ0) is 27.9. The molecule has 11 heteroatoms. The molecule has 0 unspecified atom stereocenters. The molecule has 1 aliphatic heterocycles. The van der Waals surface area contributed by atoms with Gasteiger partial charge in [-0.2, -0.15) is 5.10 Å². The molecule has 10 nitrogen and oxygen atoms in total. The lowest BCUT2D eigenvalue weighted by Crippen LogP contribution is -2.44. The van der Waals surface area contributed by atoms with Crippen LogP contribution in [0.2, 0.25) is 18.1 Å². The van der Waals surface area contributed by atoms with Crippen LogP contribution in [0.15, 0.2) is 41.4 Å². The summed E-state index contributed by atoms with van der Waals surface area (Å²) in [4.78, 5) is 28.9. The van der Waals surface area contributed by atoms with Crippen molar-refractivity contribution in [1.29, 1.82) is 0 Å². The Hall–Kier alpha value is -3.57. The number of carbonyl (C=O) groups is 1. The number of nitrogens with one attached hydrogen (secondary N) is 1. The van der Waals surface area contributed by atoms with Crippen LogP contribution in [0.5, 0.6) is 0 Å². The average Bonchev–Trinajstić information content (AvgIpc) is 3.57. The minimum Gasteiger partial charge on any atom is -0.444 e. The maximum absolute atomic E-state index is 13.2. The van der Waals surface area contributed by atoms with Gasteiger partial charge in [-0.15, -0.1) is 0 Å². The van der Waals surface area contributed by atoms with Gasteiger partial charge in [-0.25, -0.2) is 9.97 Å². The number of aromatic nitrogens is 5. The van der Waals surface area contributed by atoms with Gasteiger partial charge in [-0.1, -0.05) is 20.8 Å². The van der Waals surface area contributed by atoms with E-state index in [1.807, 2.05) is 32.3 Å². The first-order valence-electron chi connectivity index (χ1n) is 13.3. The Morgan fingerprint density at radius 1 is 1.28 bits per heavy atom. The average molecular weight is 548 g/mol. The summed E-state index contributed by atoms with van der Waals surface area (Å²) in [5.74, 6) is 0.992. The number of amides is 1. The number of pyridine rings is 2. The SMILES string of the molecule is Cc1cnccc1-c1nc(CC(=O)Nc2cc3cn(C)nc3nc2N2CC[C@H](O[Si](C)(C)C(C)(C)C)C2)co1. The highest BCUT2D eigenvalue weighted by atomic mass is 28.4. The Balaban J connectivity index is 1.35. The molecule has 0 aromatic carbocycles. The highest BCUT2D eigenvalue weighted by Crippen LogP contribution is 2.39. The molecule has 1 N–H and O–H groups in total. The molecule has 1 aliphatic rings. The molecule has 1 fully saturated rings. The maximum atomic E-state index is 13.2. The van der Waals surface area contributed by atoms with Gasteiger partial charge in [0.05, 0.1) is 23.9 Å². The molecule has 5 heterocycles. The second-order valence-corrected chi connectivity index (χ2v) is 16.6. The number of rotatable bonds is 7. The Morgan fingerprint density at radius 2 is 2.08 bits per heavy atom. The number of fused-ring (bicyclic) bond motifs is 1. The number of hydrogen-bond donors (Lipinski definition) is 1. The fourth-order valence-electron chi connectivity index (χ4n) is 4.59. The third-order valence-electron chi connectivity index (χ3n) is 7.72. The van der Waals surface area contributed by atoms with Crippen LogP contribution < -0.4 is 10.2 Å². The van der Waals surface area contributed by atoms with Crippen molar-refractivity contribution < 1.29 is 13.6 Å². The fourth-order valence-corrected chi connectivity index (χ4v) is 5.97. The Morgan fingerprint density at radius 3 is 2.82 bits per heavy atom. The first kappa shape index (κ1) is 27.0. The summed E-state index contributed by atoms with van der Waals surface area (Å²) in [5.41, 5.74) is 3.67. The second-order valence-electron chi connectivity index (χ2n) is 11.9. The molecule has 0 bridgehead atoms. The summed E-state index contributed by atoms with van der Waals surface area (Å²) in [6.45, 7) is 14.8. The van der Waals surface area contributed by atoms with Gasteiger partial charge in [-0.05, 0) is 49.2 Å². The van der Waals surface area contributed by atoms with Crippen molar-refractivity contribution >= 4 is 36.8 Å². The number of anilines is 2. The molecule has 0 aliphatic carbocycles. The summed E-state index contributed by atoms with van der Waals surface area (Å²) >= 11 is 0. The molecule has 5 rings (SSSR count). The predicted molar refractivity (Wildman–Crippen MR) is 154 cm³/mol. The molecule has 4 aromatic heterocycles. The number of aryl methyl sites for hydroxylation is 2. The van der Waals surface area contributed by atoms with Gasteiger partial charge in [0.2, 0.25) is 11.8 Å². The van der Waals surface area contributed by atoms with E-state index < -0.39 is 8.32 Å². The standard InChI is InChI=1S/C28H37N7O3Si/c1-18-14-29-10-8-22(18)27-30-20(17-37-27)13-24(36)31-23-12-19-15-34(5)33-25(19)32-26(23)35-11-9-21(16-35)38-39(6,7)28(2,3)4/h8,10,12,14-15,17,21H,9,11,13,16H2,1-7H3,(H,31,36)/t21-/m0/s1. The van der Waals surface area contributed by atoms with Gasteiger partial charge >= 0.3 is 0 Å². The van der Waals surface area contributed by atoms with Gasteiger partial charge in [0, 0.05) is 49.7 Å². The first-order valence-corrected chi connectivity index (χ1v) is 16.2. The molecule has 0 saturated carbocycles. The smallest absolute Gasteiger partial charge is 0.230 e. The molecule has 4 aromatic rings. The van der Waals surface area contributed by atoms with Crippen LogP contribution in [0.1, 0.15) is 38.4 Å². The molecule has 0 radical (unpaired) electrons. The van der Waals surface area contributed by atoms with E-state index in [0.717, 1.165) is 36.0 Å². The molecule has 0 spiro atoms. The quantitative estimate of drug-likeness (QED) is 0.318. The fraction of sp³-hybridized carbons (Fsp3) is 0.464. The van der Waals surface area contributed by atoms with Gasteiger partial charge in [0.1, 0.15) is 6.26 Å². The van der Waals surface area contributed by atoms with Crippen LogP contribution >= 0.6 is 0 Å². The Bertz CT molecular complexity index is 1500. The molecule has 1 saturated heterocycles. The lowest BCUT2D eigenvalue weighted by Gasteiger charge is -2.38. The van der Waals surface area contributed by atoms with E-state index in [9.17, 15) is 4.79 Å². The molecule has 1 atom stereocenters. The largest absolute Gasteiger partial charge is 0.444 e. The Kier molecular flexibility index (Phi) is 7.06. The topological polar surface area (TPSA) is 111 Å². The van der Waals surface area contributed by atoms with E-state index in [0.29, 0.717) is 28.7 Å². The van der Waals surface area contributed by atoms with Crippen molar-refractivity contribution in [3.63, 3.8) is 0 Å². The molecular weight excluding hydrogens is 510 g/mol. The maximum Gasteiger partial charge on any atom is 0.230 e. The summed E-state index contributed by atoms with van der Waals surface area (Å²) in [5, 5.41) is 8.58. The Labute approximate surface area is 229 Å². The van der Waals surface area contributed by atoms with Gasteiger partial charge in [0.15, 0.2) is 19.8 Å². The summed E-state index contributed by atoms with van der Waals surface area (Å²) in [7, 11) is -0.0356. The van der Waals surface area contributed by atoms with E-state index in [1.165, 1.54) is 6.26 Å². The second kappa shape index (κ2) is 10.2. The van der Waals surface area contributed by atoms with Crippen molar-refractivity contribution in [2.24, 2.45) is 7.05 Å². The lowest BCUT2D eigenvalue weighted by molar-refractivity contribution is -0.115. The van der Waals surface area contributed by atoms with Crippen molar-refractivity contribution in [3.05, 3.63) is 48.2 Å². The number of nitrogens with zero attached hydrogens (tertiary/aromatic N) is 6. The van der Waals surface area contributed by atoms with E-state index in [4.69, 9.17) is 13.8 Å². The molecular formula is C28H37N7O3Si. The van der Waals surface area contributed by atoms with Crippen LogP contribution in [0.3, 0.4) is 0 Å². The first-order chi connectivity index (χ1) is 18.4. The third-order valence-corrected chi connectivity index (χ3v) is 12.3. The van der Waals surface area contributed by atoms with Crippen LogP contribution in [-0.4, -0.2) is 58.2 Å². The molecule has 1 amide bonds. The predicted octanol–water partition coefficient (Wildman–Crippen LogP) is 5.11. The van der Waals surface area contributed by atoms with Crippen molar-refractivity contribution in [1.82, 2.24) is 24.7 Å². The summed E-state index contributed by atoms with van der Waals surface area (Å²) in [6.07, 6.45) is 8.00. The number of oxazole rings is 1. The molecule has 206 valence electrons. The monoisotopic (exact) mass is 547 g/mol. The van der Waals surface area contributed by atoms with Crippen LogP contribution in [0, 0.1) is 6.92 Å². The van der Waals surface area contributed by atoms with Gasteiger partial charge < -0.3 is 19.1 Å². The highest BCUT2D eigenvalue weighted by Gasteiger charge is 2.41.